The van der Waals surface area contributed by atoms with Crippen LogP contribution in [0.3, 0.4) is 0 Å². The van der Waals surface area contributed by atoms with Gasteiger partial charge in [0.25, 0.3) is 0 Å². The predicted octanol–water partition coefficient (Wildman–Crippen LogP) is 0.128. The van der Waals surface area contributed by atoms with Crippen molar-refractivity contribution in [3.8, 4) is 0 Å². The molecule has 0 aliphatic carbocycles. The van der Waals surface area contributed by atoms with Gasteiger partial charge in [-0.15, -0.1) is 0 Å². The van der Waals surface area contributed by atoms with Gasteiger partial charge in [-0.1, -0.05) is 11.2 Å². The highest BCUT2D eigenvalue weighted by Crippen LogP contribution is 2.19. The van der Waals surface area contributed by atoms with E-state index in [-0.39, 0.29) is 6.10 Å². The Kier molecular flexibility index (Phi) is 1.22. The highest BCUT2D eigenvalue weighted by Gasteiger charge is 2.31. The first kappa shape index (κ1) is 5.88. The Hall–Kier alpha value is -0.870. The molecule has 2 aliphatic rings. The first-order chi connectivity index (χ1) is 4.90. The van der Waals surface area contributed by atoms with Crippen LogP contribution < -0.4 is 0 Å². The van der Waals surface area contributed by atoms with E-state index in [1.807, 2.05) is 6.08 Å². The minimum absolute atomic E-state index is 0.0514. The van der Waals surface area contributed by atoms with Crippen molar-refractivity contribution < 1.29 is 14.7 Å². The molecule has 0 spiro atoms. The minimum Gasteiger partial charge on any atom is -0.410 e. The highest BCUT2D eigenvalue weighted by molar-refractivity contribution is 5.98. The van der Waals surface area contributed by atoms with E-state index < -0.39 is 6.29 Å². The first-order valence-electron chi connectivity index (χ1n) is 3.07. The molecule has 2 aliphatic heterocycles. The van der Waals surface area contributed by atoms with Crippen LogP contribution in [0.25, 0.3) is 0 Å². The predicted molar refractivity (Wildman–Crippen MR) is 33.0 cm³/mol. The van der Waals surface area contributed by atoms with Gasteiger partial charge in [-0.25, -0.2) is 0 Å². The van der Waals surface area contributed by atoms with Gasteiger partial charge in [0, 0.05) is 0 Å². The fourth-order valence-corrected chi connectivity index (χ4v) is 1.04. The van der Waals surface area contributed by atoms with Crippen molar-refractivity contribution in [1.82, 2.24) is 0 Å². The van der Waals surface area contributed by atoms with Crippen molar-refractivity contribution in [2.45, 2.75) is 12.4 Å². The molecule has 4 heteroatoms. The Morgan fingerprint density at radius 2 is 2.60 bits per heavy atom. The molecule has 54 valence electrons. The minimum atomic E-state index is -0.444. The van der Waals surface area contributed by atoms with Crippen molar-refractivity contribution in [2.75, 3.05) is 6.61 Å². The summed E-state index contributed by atoms with van der Waals surface area (Å²) >= 11 is 0. The third-order valence-corrected chi connectivity index (χ3v) is 1.55. The first-order valence-corrected chi connectivity index (χ1v) is 3.07. The number of rotatable bonds is 0. The third kappa shape index (κ3) is 0.732. The summed E-state index contributed by atoms with van der Waals surface area (Å²) in [5.74, 6) is 0. The Bertz CT molecular complexity index is 199. The molecule has 1 N–H and O–H groups in total. The smallest absolute Gasteiger partial charge is 0.205 e. The molecular formula is C6H7NO3. The second-order valence-corrected chi connectivity index (χ2v) is 2.22. The summed E-state index contributed by atoms with van der Waals surface area (Å²) in [7, 11) is 0. The SMILES string of the molecule is O/N=C1/C=C[C@H]2CO[C@@H]1O2. The van der Waals surface area contributed by atoms with Crippen LogP contribution in [0.5, 0.6) is 0 Å². The fraction of sp³-hybridized carbons (Fsp3) is 0.500. The van der Waals surface area contributed by atoms with Crippen LogP contribution in [-0.2, 0) is 9.47 Å². The number of fused-ring (bicyclic) bond motifs is 2. The zero-order chi connectivity index (χ0) is 6.97. The number of hydrogen-bond donors (Lipinski definition) is 1. The van der Waals surface area contributed by atoms with Crippen LogP contribution in [0.2, 0.25) is 0 Å². The van der Waals surface area contributed by atoms with E-state index in [4.69, 9.17) is 14.7 Å². The molecule has 0 unspecified atom stereocenters. The van der Waals surface area contributed by atoms with Crippen LogP contribution in [-0.4, -0.2) is 29.9 Å². The number of hydrogen-bond acceptors (Lipinski definition) is 4. The average molecular weight is 141 g/mol. The number of ether oxygens (including phenoxy) is 2. The lowest BCUT2D eigenvalue weighted by Crippen LogP contribution is -2.24. The molecule has 0 radical (unpaired) electrons. The van der Waals surface area contributed by atoms with Gasteiger partial charge in [-0.05, 0) is 6.08 Å². The monoisotopic (exact) mass is 141 g/mol. The Morgan fingerprint density at radius 3 is 3.40 bits per heavy atom. The van der Waals surface area contributed by atoms with E-state index in [1.54, 1.807) is 6.08 Å². The quantitative estimate of drug-likeness (QED) is 0.385. The van der Waals surface area contributed by atoms with E-state index in [2.05, 4.69) is 5.16 Å². The summed E-state index contributed by atoms with van der Waals surface area (Å²) in [5, 5.41) is 11.4. The Balaban J connectivity index is 2.27. The molecule has 0 aromatic rings. The average Bonchev–Trinajstić information content (AvgIpc) is 2.34. The standard InChI is InChI=1S/C6H7NO3/c8-7-5-2-1-4-3-9-6(5)10-4/h1-2,4,6,8H,3H2/b7-5-/t4-,6+/m0/s1. The molecule has 4 nitrogen and oxygen atoms in total. The van der Waals surface area contributed by atoms with Gasteiger partial charge in [0.05, 0.1) is 6.61 Å². The second kappa shape index (κ2) is 2.07. The lowest BCUT2D eigenvalue weighted by Gasteiger charge is -2.11. The number of nitrogens with zero attached hydrogens (tertiary/aromatic N) is 1. The molecule has 2 heterocycles. The summed E-state index contributed by atoms with van der Waals surface area (Å²) < 4.78 is 10.3. The van der Waals surface area contributed by atoms with Crippen LogP contribution in [0.1, 0.15) is 0 Å². The summed E-state index contributed by atoms with van der Waals surface area (Å²) in [6.07, 6.45) is 3.14. The normalized spacial score (nSPS) is 41.0. The maximum absolute atomic E-state index is 8.39. The molecule has 0 aromatic heterocycles. The molecule has 2 atom stereocenters. The summed E-state index contributed by atoms with van der Waals surface area (Å²) in [4.78, 5) is 0. The van der Waals surface area contributed by atoms with E-state index >= 15 is 0 Å². The van der Waals surface area contributed by atoms with E-state index in [9.17, 15) is 0 Å². The lowest BCUT2D eigenvalue weighted by atomic mass is 10.2. The van der Waals surface area contributed by atoms with Crippen LogP contribution in [0.4, 0.5) is 0 Å². The van der Waals surface area contributed by atoms with Gasteiger partial charge >= 0.3 is 0 Å². The maximum Gasteiger partial charge on any atom is 0.205 e. The number of oxime groups is 1. The molecule has 0 amide bonds. The van der Waals surface area contributed by atoms with Gasteiger partial charge in [0.2, 0.25) is 6.29 Å². The van der Waals surface area contributed by atoms with Crippen molar-refractivity contribution >= 4 is 5.71 Å². The lowest BCUT2D eigenvalue weighted by molar-refractivity contribution is 0.000387. The van der Waals surface area contributed by atoms with Gasteiger partial charge in [-0.3, -0.25) is 0 Å². The maximum atomic E-state index is 8.39. The van der Waals surface area contributed by atoms with Crippen molar-refractivity contribution in [3.05, 3.63) is 12.2 Å². The largest absolute Gasteiger partial charge is 0.410 e. The zero-order valence-corrected chi connectivity index (χ0v) is 5.23. The fourth-order valence-electron chi connectivity index (χ4n) is 1.04. The summed E-state index contributed by atoms with van der Waals surface area (Å²) in [5.41, 5.74) is 0.439. The molecule has 1 saturated heterocycles. The zero-order valence-electron chi connectivity index (χ0n) is 5.23. The highest BCUT2D eigenvalue weighted by atomic mass is 16.7. The Labute approximate surface area is 57.7 Å². The van der Waals surface area contributed by atoms with Gasteiger partial charge in [0.1, 0.15) is 11.8 Å². The van der Waals surface area contributed by atoms with Crippen molar-refractivity contribution in [3.63, 3.8) is 0 Å². The Morgan fingerprint density at radius 1 is 1.70 bits per heavy atom. The van der Waals surface area contributed by atoms with E-state index in [1.165, 1.54) is 0 Å². The van der Waals surface area contributed by atoms with Crippen LogP contribution in [0, 0.1) is 0 Å². The van der Waals surface area contributed by atoms with Gasteiger partial charge in [0.15, 0.2) is 0 Å². The van der Waals surface area contributed by atoms with E-state index in [0.29, 0.717) is 12.3 Å². The molecule has 10 heavy (non-hydrogen) atoms. The van der Waals surface area contributed by atoms with Crippen LogP contribution in [0.15, 0.2) is 17.3 Å². The van der Waals surface area contributed by atoms with E-state index in [0.717, 1.165) is 0 Å². The van der Waals surface area contributed by atoms with Gasteiger partial charge in [-0.2, -0.15) is 0 Å². The molecule has 2 rings (SSSR count). The second-order valence-electron chi connectivity index (χ2n) is 2.22. The van der Waals surface area contributed by atoms with Crippen LogP contribution >= 0.6 is 0 Å². The molecule has 0 aromatic carbocycles. The third-order valence-electron chi connectivity index (χ3n) is 1.55. The topological polar surface area (TPSA) is 51.1 Å². The molecule has 0 saturated carbocycles. The summed E-state index contributed by atoms with van der Waals surface area (Å²) in [6, 6.07) is 0. The molecule has 1 fully saturated rings. The van der Waals surface area contributed by atoms with Crippen molar-refractivity contribution in [1.29, 1.82) is 0 Å². The van der Waals surface area contributed by atoms with Crippen molar-refractivity contribution in [2.24, 2.45) is 5.16 Å². The van der Waals surface area contributed by atoms with Gasteiger partial charge < -0.3 is 14.7 Å². The molecule has 2 bridgehead atoms. The summed E-state index contributed by atoms with van der Waals surface area (Å²) in [6.45, 7) is 0.556. The molecular weight excluding hydrogens is 134 g/mol.